The third-order valence-corrected chi connectivity index (χ3v) is 8.57. The van der Waals surface area contributed by atoms with Gasteiger partial charge >= 0.3 is 0 Å². The van der Waals surface area contributed by atoms with Gasteiger partial charge in [0.15, 0.2) is 17.3 Å². The van der Waals surface area contributed by atoms with Crippen LogP contribution in [0.4, 0.5) is 17.3 Å². The first-order valence-corrected chi connectivity index (χ1v) is 15.0. The molecule has 0 aliphatic carbocycles. The molecule has 0 saturated carbocycles. The number of halogens is 1. The Morgan fingerprint density at radius 2 is 1.98 bits per heavy atom. The van der Waals surface area contributed by atoms with Crippen LogP contribution in [0.2, 0.25) is 5.02 Å². The smallest absolute Gasteiger partial charge is 0.263 e. The summed E-state index contributed by atoms with van der Waals surface area (Å²) in [6, 6.07) is 14.5. The second-order valence-corrected chi connectivity index (χ2v) is 11.6. The van der Waals surface area contributed by atoms with E-state index in [1.165, 1.54) is 25.3 Å². The summed E-state index contributed by atoms with van der Waals surface area (Å²) in [5.41, 5.74) is 1.36. The van der Waals surface area contributed by atoms with Crippen molar-refractivity contribution in [3.63, 3.8) is 0 Å². The molecule has 2 aromatic heterocycles. The highest BCUT2D eigenvalue weighted by atomic mass is 35.5. The Labute approximate surface area is 243 Å². The zero-order chi connectivity index (χ0) is 29.0. The van der Waals surface area contributed by atoms with Crippen LogP contribution in [0.5, 0.6) is 5.75 Å². The van der Waals surface area contributed by atoms with Crippen LogP contribution >= 0.6 is 11.6 Å². The predicted octanol–water partition coefficient (Wildman–Crippen LogP) is 4.45. The van der Waals surface area contributed by atoms with Gasteiger partial charge in [-0.3, -0.25) is 14.4 Å². The highest BCUT2D eigenvalue weighted by molar-refractivity contribution is 7.92. The van der Waals surface area contributed by atoms with Crippen LogP contribution in [0.1, 0.15) is 30.1 Å². The number of nitrogens with zero attached hydrogens (tertiary/aromatic N) is 4. The quantitative estimate of drug-likeness (QED) is 0.243. The van der Waals surface area contributed by atoms with Gasteiger partial charge in [-0.25, -0.2) is 23.4 Å². The molecule has 3 heterocycles. The SMILES string of the molecule is CCN1CCCC1CNC(=O)c1cccc(S(=O)(=O)Nc2nc3cccnc3nc2Nc2cc(OC)ccc2Cl)c1. The number of hydrogen-bond donors (Lipinski definition) is 3. The van der Waals surface area contributed by atoms with Crippen LogP contribution in [-0.2, 0) is 10.0 Å². The Balaban J connectivity index is 1.41. The predicted molar refractivity (Wildman–Crippen MR) is 158 cm³/mol. The number of hydrogen-bond acceptors (Lipinski definition) is 9. The first kappa shape index (κ1) is 28.5. The molecule has 1 saturated heterocycles. The van der Waals surface area contributed by atoms with Crippen molar-refractivity contribution in [1.82, 2.24) is 25.2 Å². The van der Waals surface area contributed by atoms with E-state index in [0.29, 0.717) is 34.2 Å². The van der Waals surface area contributed by atoms with E-state index in [0.717, 1.165) is 25.9 Å². The molecular formula is C28H30ClN7O4S. The minimum atomic E-state index is -4.18. The Hall–Kier alpha value is -4.00. The zero-order valence-corrected chi connectivity index (χ0v) is 24.2. The minimum Gasteiger partial charge on any atom is -0.497 e. The molecule has 0 radical (unpaired) electrons. The van der Waals surface area contributed by atoms with Gasteiger partial charge in [0.05, 0.1) is 22.7 Å². The Morgan fingerprint density at radius 1 is 1.12 bits per heavy atom. The lowest BCUT2D eigenvalue weighted by Crippen LogP contribution is -2.40. The lowest BCUT2D eigenvalue weighted by Gasteiger charge is -2.22. The fraction of sp³-hybridized carbons (Fsp3) is 0.286. The molecule has 4 aromatic rings. The molecule has 214 valence electrons. The number of sulfonamides is 1. The number of carbonyl (C=O) groups excluding carboxylic acids is 1. The monoisotopic (exact) mass is 595 g/mol. The molecule has 41 heavy (non-hydrogen) atoms. The number of benzene rings is 2. The second-order valence-electron chi connectivity index (χ2n) is 9.51. The van der Waals surface area contributed by atoms with Gasteiger partial charge in [0.2, 0.25) is 0 Å². The number of carbonyl (C=O) groups is 1. The normalized spacial score (nSPS) is 15.5. The van der Waals surface area contributed by atoms with Gasteiger partial charge < -0.3 is 15.4 Å². The van der Waals surface area contributed by atoms with Crippen molar-refractivity contribution in [3.8, 4) is 5.75 Å². The third-order valence-electron chi connectivity index (χ3n) is 6.91. The van der Waals surface area contributed by atoms with Gasteiger partial charge in [-0.15, -0.1) is 0 Å². The van der Waals surface area contributed by atoms with E-state index in [2.05, 4.69) is 42.1 Å². The molecular weight excluding hydrogens is 566 g/mol. The van der Waals surface area contributed by atoms with Crippen molar-refractivity contribution in [2.75, 3.05) is 36.8 Å². The number of nitrogens with one attached hydrogen (secondary N) is 3. The van der Waals surface area contributed by atoms with Crippen molar-refractivity contribution in [2.45, 2.75) is 30.7 Å². The summed E-state index contributed by atoms with van der Waals surface area (Å²) in [7, 11) is -2.65. The van der Waals surface area contributed by atoms with Crippen LogP contribution in [0, 0.1) is 0 Å². The average molecular weight is 596 g/mol. The fourth-order valence-electron chi connectivity index (χ4n) is 4.75. The van der Waals surface area contributed by atoms with Crippen LogP contribution in [0.3, 0.4) is 0 Å². The summed E-state index contributed by atoms with van der Waals surface area (Å²) in [6.07, 6.45) is 3.68. The number of pyridine rings is 1. The van der Waals surface area contributed by atoms with Crippen molar-refractivity contribution >= 4 is 56.0 Å². The molecule has 1 unspecified atom stereocenters. The standard InChI is InChI=1S/C28H30ClN7O4S/c1-3-36-14-6-8-19(36)17-31-28(37)18-7-4-9-21(15-18)41(38,39)35-27-26(34-25-23(32-27)10-5-13-30-25)33-24-16-20(40-2)11-12-22(24)29/h4-5,7,9-13,15-16,19H,3,6,8,14,17H2,1-2H3,(H,31,37)(H,32,35)(H,30,33,34). The van der Waals surface area contributed by atoms with Crippen LogP contribution in [-0.4, -0.2) is 67.0 Å². The van der Waals surface area contributed by atoms with Gasteiger partial charge in [-0.05, 0) is 68.4 Å². The van der Waals surface area contributed by atoms with Crippen LogP contribution in [0.25, 0.3) is 11.2 Å². The van der Waals surface area contributed by atoms with Gasteiger partial charge in [-0.2, -0.15) is 0 Å². The molecule has 11 nitrogen and oxygen atoms in total. The molecule has 0 spiro atoms. The topological polar surface area (TPSA) is 138 Å². The van der Waals surface area contributed by atoms with Crippen molar-refractivity contribution < 1.29 is 17.9 Å². The van der Waals surface area contributed by atoms with Crippen molar-refractivity contribution in [2.24, 2.45) is 0 Å². The first-order chi connectivity index (χ1) is 19.8. The molecule has 3 N–H and O–H groups in total. The van der Waals surface area contributed by atoms with E-state index < -0.39 is 10.0 Å². The Kier molecular flexibility index (Phi) is 8.52. The van der Waals surface area contributed by atoms with Crippen LogP contribution < -0.4 is 20.1 Å². The minimum absolute atomic E-state index is 0.0693. The fourth-order valence-corrected chi connectivity index (χ4v) is 5.97. The maximum Gasteiger partial charge on any atom is 0.263 e. The first-order valence-electron chi connectivity index (χ1n) is 13.2. The largest absolute Gasteiger partial charge is 0.497 e. The molecule has 1 aliphatic rings. The zero-order valence-electron chi connectivity index (χ0n) is 22.6. The molecule has 1 amide bonds. The third kappa shape index (κ3) is 6.50. The van der Waals surface area contributed by atoms with E-state index >= 15 is 0 Å². The number of amides is 1. The summed E-state index contributed by atoms with van der Waals surface area (Å²) in [5.74, 6) is 0.217. The molecule has 1 fully saturated rings. The van der Waals surface area contributed by atoms with Crippen molar-refractivity contribution in [3.05, 3.63) is 71.4 Å². The molecule has 1 aliphatic heterocycles. The average Bonchev–Trinajstić information content (AvgIpc) is 3.45. The van der Waals surface area contributed by atoms with Gasteiger partial charge in [0.1, 0.15) is 11.3 Å². The summed E-state index contributed by atoms with van der Waals surface area (Å²) >= 11 is 6.37. The molecule has 1 atom stereocenters. The van der Waals surface area contributed by atoms with E-state index in [4.69, 9.17) is 16.3 Å². The molecule has 2 aromatic carbocycles. The summed E-state index contributed by atoms with van der Waals surface area (Å²) < 4.78 is 34.8. The van der Waals surface area contributed by atoms with E-state index in [-0.39, 0.29) is 34.0 Å². The van der Waals surface area contributed by atoms with Crippen LogP contribution in [0.15, 0.2) is 65.7 Å². The summed E-state index contributed by atoms with van der Waals surface area (Å²) in [5, 5.41) is 6.35. The van der Waals surface area contributed by atoms with E-state index in [9.17, 15) is 13.2 Å². The number of likely N-dealkylation sites (N-methyl/N-ethyl adjacent to an activating group) is 1. The number of methoxy groups -OCH3 is 1. The molecule has 0 bridgehead atoms. The summed E-state index contributed by atoms with van der Waals surface area (Å²) in [6.45, 7) is 4.55. The maximum atomic E-state index is 13.5. The Bertz CT molecular complexity index is 1690. The van der Waals surface area contributed by atoms with E-state index in [1.807, 2.05) is 0 Å². The lowest BCUT2D eigenvalue weighted by atomic mass is 10.2. The molecule has 5 rings (SSSR count). The summed E-state index contributed by atoms with van der Waals surface area (Å²) in [4.78, 5) is 28.3. The van der Waals surface area contributed by atoms with Gasteiger partial charge in [0, 0.05) is 30.4 Å². The number of anilines is 3. The number of rotatable bonds is 10. The van der Waals surface area contributed by atoms with Gasteiger partial charge in [-0.1, -0.05) is 24.6 Å². The second kappa shape index (κ2) is 12.2. The number of ether oxygens (including phenoxy) is 1. The highest BCUT2D eigenvalue weighted by Crippen LogP contribution is 2.32. The Morgan fingerprint density at radius 3 is 2.78 bits per heavy atom. The number of aromatic nitrogens is 3. The highest BCUT2D eigenvalue weighted by Gasteiger charge is 2.24. The maximum absolute atomic E-state index is 13.5. The van der Waals surface area contributed by atoms with E-state index in [1.54, 1.807) is 42.6 Å². The van der Waals surface area contributed by atoms with Crippen molar-refractivity contribution in [1.29, 1.82) is 0 Å². The lowest BCUT2D eigenvalue weighted by molar-refractivity contribution is 0.0941. The van der Waals surface area contributed by atoms with Gasteiger partial charge in [0.25, 0.3) is 15.9 Å². The molecule has 13 heteroatoms. The number of likely N-dealkylation sites (tertiary alicyclic amines) is 1. The number of fused-ring (bicyclic) bond motifs is 1.